The van der Waals surface area contributed by atoms with Gasteiger partial charge in [0, 0.05) is 57.8 Å². The van der Waals surface area contributed by atoms with Crippen LogP contribution in [-0.4, -0.2) is 84.0 Å². The highest BCUT2D eigenvalue weighted by Gasteiger charge is 2.20. The lowest BCUT2D eigenvalue weighted by molar-refractivity contribution is -0.0304. The maximum atomic E-state index is 5.91. The van der Waals surface area contributed by atoms with Crippen LogP contribution in [0.1, 0.15) is 12.1 Å². The first-order valence-corrected chi connectivity index (χ1v) is 9.71. The lowest BCUT2D eigenvalue weighted by atomic mass is 10.1. The van der Waals surface area contributed by atoms with Gasteiger partial charge in [0.25, 0.3) is 0 Å². The number of rotatable bonds is 11. The number of nitrogens with zero attached hydrogens (tertiary/aromatic N) is 5. The van der Waals surface area contributed by atoms with E-state index in [1.807, 2.05) is 12.1 Å². The van der Waals surface area contributed by atoms with Gasteiger partial charge in [0.2, 0.25) is 0 Å². The van der Waals surface area contributed by atoms with E-state index in [0.717, 1.165) is 69.5 Å². The van der Waals surface area contributed by atoms with Gasteiger partial charge >= 0.3 is 0 Å². The summed E-state index contributed by atoms with van der Waals surface area (Å²) in [5.74, 6) is 1.62. The fourth-order valence-corrected chi connectivity index (χ4v) is 3.11. The largest absolute Gasteiger partial charge is 0.383 e. The van der Waals surface area contributed by atoms with Crippen molar-refractivity contribution in [1.82, 2.24) is 24.8 Å². The van der Waals surface area contributed by atoms with Crippen molar-refractivity contribution in [3.8, 4) is 0 Å². The van der Waals surface area contributed by atoms with E-state index >= 15 is 0 Å². The van der Waals surface area contributed by atoms with Crippen LogP contribution in [0, 0.1) is 0 Å². The summed E-state index contributed by atoms with van der Waals surface area (Å²) in [5.41, 5.74) is 1.07. The van der Waals surface area contributed by atoms with Crippen LogP contribution in [0.4, 0.5) is 11.6 Å². The van der Waals surface area contributed by atoms with Crippen LogP contribution < -0.4 is 10.6 Å². The van der Waals surface area contributed by atoms with Gasteiger partial charge in [-0.25, -0.2) is 19.9 Å². The summed E-state index contributed by atoms with van der Waals surface area (Å²) in [6.45, 7) is 5.81. The van der Waals surface area contributed by atoms with E-state index in [1.54, 1.807) is 26.0 Å². The molecule has 9 heteroatoms. The van der Waals surface area contributed by atoms with E-state index in [0.29, 0.717) is 6.61 Å². The molecule has 0 spiro atoms. The van der Waals surface area contributed by atoms with Crippen molar-refractivity contribution in [3.05, 3.63) is 36.7 Å². The van der Waals surface area contributed by atoms with Gasteiger partial charge in [-0.15, -0.1) is 0 Å². The number of aromatic nitrogens is 4. The SMILES string of the molecule is COCCNc1cc(NCCN2CCOC(CCc3ccncn3)C2)ncn1. The van der Waals surface area contributed by atoms with Gasteiger partial charge < -0.3 is 20.1 Å². The van der Waals surface area contributed by atoms with Gasteiger partial charge in [-0.05, 0) is 18.9 Å². The number of ether oxygens (including phenoxy) is 2. The first kappa shape index (κ1) is 20.4. The second-order valence-electron chi connectivity index (χ2n) is 6.67. The molecule has 0 saturated carbocycles. The Kier molecular flexibility index (Phi) is 8.35. The Morgan fingerprint density at radius 1 is 1.18 bits per heavy atom. The molecule has 28 heavy (non-hydrogen) atoms. The Morgan fingerprint density at radius 2 is 2.04 bits per heavy atom. The molecule has 9 nitrogen and oxygen atoms in total. The molecule has 3 heterocycles. The van der Waals surface area contributed by atoms with Crippen molar-refractivity contribution in [2.45, 2.75) is 18.9 Å². The second-order valence-corrected chi connectivity index (χ2v) is 6.67. The van der Waals surface area contributed by atoms with Crippen molar-refractivity contribution in [2.24, 2.45) is 0 Å². The van der Waals surface area contributed by atoms with E-state index in [-0.39, 0.29) is 6.10 Å². The summed E-state index contributed by atoms with van der Waals surface area (Å²) >= 11 is 0. The fraction of sp³-hybridized carbons (Fsp3) is 0.579. The molecule has 3 rings (SSSR count). The van der Waals surface area contributed by atoms with Crippen LogP contribution in [0.2, 0.25) is 0 Å². The third kappa shape index (κ3) is 6.99. The van der Waals surface area contributed by atoms with Crippen LogP contribution in [0.5, 0.6) is 0 Å². The molecule has 1 fully saturated rings. The molecular formula is C19H29N7O2. The molecule has 0 bridgehead atoms. The zero-order valence-corrected chi connectivity index (χ0v) is 16.4. The first-order valence-electron chi connectivity index (χ1n) is 9.71. The average molecular weight is 387 g/mol. The Balaban J connectivity index is 1.37. The van der Waals surface area contributed by atoms with Gasteiger partial charge in [-0.1, -0.05) is 0 Å². The predicted molar refractivity (Wildman–Crippen MR) is 107 cm³/mol. The average Bonchev–Trinajstić information content (AvgIpc) is 2.74. The van der Waals surface area contributed by atoms with E-state index in [9.17, 15) is 0 Å². The van der Waals surface area contributed by atoms with Gasteiger partial charge in [-0.2, -0.15) is 0 Å². The van der Waals surface area contributed by atoms with Gasteiger partial charge in [-0.3, -0.25) is 4.90 Å². The van der Waals surface area contributed by atoms with Crippen molar-refractivity contribution in [1.29, 1.82) is 0 Å². The molecule has 0 radical (unpaired) electrons. The zero-order chi connectivity index (χ0) is 19.4. The molecule has 2 N–H and O–H groups in total. The summed E-state index contributed by atoms with van der Waals surface area (Å²) in [6.07, 6.45) is 7.09. The molecule has 1 aliphatic rings. The number of aryl methyl sites for hydroxylation is 1. The zero-order valence-electron chi connectivity index (χ0n) is 16.4. The topological polar surface area (TPSA) is 97.3 Å². The van der Waals surface area contributed by atoms with Crippen LogP contribution >= 0.6 is 0 Å². The number of anilines is 2. The predicted octanol–water partition coefficient (Wildman–Crippen LogP) is 1.07. The summed E-state index contributed by atoms with van der Waals surface area (Å²) < 4.78 is 10.9. The summed E-state index contributed by atoms with van der Waals surface area (Å²) in [7, 11) is 1.68. The highest BCUT2D eigenvalue weighted by molar-refractivity contribution is 5.46. The Bertz CT molecular complexity index is 689. The Morgan fingerprint density at radius 3 is 2.82 bits per heavy atom. The lowest BCUT2D eigenvalue weighted by Gasteiger charge is -2.33. The number of methoxy groups -OCH3 is 1. The second kappa shape index (κ2) is 11.5. The van der Waals surface area contributed by atoms with Gasteiger partial charge in [0.15, 0.2) is 0 Å². The van der Waals surface area contributed by atoms with E-state index in [4.69, 9.17) is 9.47 Å². The van der Waals surface area contributed by atoms with Crippen LogP contribution in [0.3, 0.4) is 0 Å². The molecule has 0 amide bonds. The molecular weight excluding hydrogens is 358 g/mol. The minimum absolute atomic E-state index is 0.249. The lowest BCUT2D eigenvalue weighted by Crippen LogP contribution is -2.44. The van der Waals surface area contributed by atoms with Crippen molar-refractivity contribution in [3.63, 3.8) is 0 Å². The van der Waals surface area contributed by atoms with E-state index in [2.05, 4.69) is 35.5 Å². The summed E-state index contributed by atoms with van der Waals surface area (Å²) in [5, 5.41) is 6.58. The standard InChI is InChI=1S/C19H29N7O2/c1-27-10-7-22-19-12-18(24-15-25-19)21-6-8-26-9-11-28-17(13-26)3-2-16-4-5-20-14-23-16/h4-5,12,14-15,17H,2-3,6-11,13H2,1H3,(H2,21,22,24,25). The molecule has 0 aliphatic carbocycles. The highest BCUT2D eigenvalue weighted by Crippen LogP contribution is 2.12. The van der Waals surface area contributed by atoms with Crippen LogP contribution in [0.25, 0.3) is 0 Å². The minimum Gasteiger partial charge on any atom is -0.383 e. The molecule has 2 aromatic rings. The number of nitrogens with one attached hydrogen (secondary N) is 2. The number of hydrogen-bond acceptors (Lipinski definition) is 9. The van der Waals surface area contributed by atoms with Crippen molar-refractivity contribution in [2.75, 3.05) is 63.7 Å². The monoisotopic (exact) mass is 387 g/mol. The van der Waals surface area contributed by atoms with Gasteiger partial charge in [0.1, 0.15) is 24.3 Å². The van der Waals surface area contributed by atoms with Crippen molar-refractivity contribution < 1.29 is 9.47 Å². The number of hydrogen-bond donors (Lipinski definition) is 2. The maximum Gasteiger partial charge on any atom is 0.131 e. The molecule has 152 valence electrons. The molecule has 2 aromatic heterocycles. The highest BCUT2D eigenvalue weighted by atomic mass is 16.5. The smallest absolute Gasteiger partial charge is 0.131 e. The molecule has 0 aromatic carbocycles. The van der Waals surface area contributed by atoms with Crippen LogP contribution in [0.15, 0.2) is 31.0 Å². The molecule has 1 atom stereocenters. The quantitative estimate of drug-likeness (QED) is 0.549. The third-order valence-corrected chi connectivity index (χ3v) is 4.60. The summed E-state index contributed by atoms with van der Waals surface area (Å²) in [6, 6.07) is 3.88. The fourth-order valence-electron chi connectivity index (χ4n) is 3.11. The molecule has 1 saturated heterocycles. The third-order valence-electron chi connectivity index (χ3n) is 4.60. The normalized spacial score (nSPS) is 17.4. The molecule has 1 unspecified atom stereocenters. The van der Waals surface area contributed by atoms with Crippen molar-refractivity contribution >= 4 is 11.6 Å². The van der Waals surface area contributed by atoms with Gasteiger partial charge in [0.05, 0.1) is 19.3 Å². The maximum absolute atomic E-state index is 5.91. The first-order chi connectivity index (χ1) is 13.8. The van der Waals surface area contributed by atoms with Crippen LogP contribution in [-0.2, 0) is 15.9 Å². The Hall–Kier alpha value is -2.36. The number of morpholine rings is 1. The minimum atomic E-state index is 0.249. The summed E-state index contributed by atoms with van der Waals surface area (Å²) in [4.78, 5) is 19.2. The van der Waals surface area contributed by atoms with E-state index in [1.165, 1.54) is 0 Å². The van der Waals surface area contributed by atoms with E-state index < -0.39 is 0 Å². The molecule has 1 aliphatic heterocycles. The Labute approximate surface area is 165 Å².